The predicted octanol–water partition coefficient (Wildman–Crippen LogP) is 1.97. The van der Waals surface area contributed by atoms with Crippen LogP contribution in [0.25, 0.3) is 0 Å². The van der Waals surface area contributed by atoms with E-state index in [0.717, 1.165) is 12.0 Å². The summed E-state index contributed by atoms with van der Waals surface area (Å²) in [4.78, 5) is 24.1. The van der Waals surface area contributed by atoms with Gasteiger partial charge in [-0.25, -0.2) is 0 Å². The molecule has 0 saturated heterocycles. The molecule has 1 heterocycles. The molecule has 2 rings (SSSR count). The normalized spacial score (nSPS) is 13.7. The summed E-state index contributed by atoms with van der Waals surface area (Å²) >= 11 is 0. The van der Waals surface area contributed by atoms with Gasteiger partial charge in [-0.3, -0.25) is 9.59 Å². The summed E-state index contributed by atoms with van der Waals surface area (Å²) in [5.74, 6) is 1.15. The van der Waals surface area contributed by atoms with Gasteiger partial charge in [0.1, 0.15) is 6.04 Å². The summed E-state index contributed by atoms with van der Waals surface area (Å²) < 4.78 is 10.6. The van der Waals surface area contributed by atoms with E-state index < -0.39 is 6.04 Å². The van der Waals surface area contributed by atoms with Gasteiger partial charge in [-0.2, -0.15) is 0 Å². The molecular weight excluding hydrogens is 296 g/mol. The second-order valence-corrected chi connectivity index (χ2v) is 5.94. The number of benzene rings is 1. The van der Waals surface area contributed by atoms with Crippen LogP contribution in [0.3, 0.4) is 0 Å². The molecule has 6 heteroatoms. The van der Waals surface area contributed by atoms with E-state index in [9.17, 15) is 9.59 Å². The lowest BCUT2D eigenvalue weighted by Gasteiger charge is -2.21. The van der Waals surface area contributed by atoms with Crippen LogP contribution in [-0.4, -0.2) is 24.6 Å². The summed E-state index contributed by atoms with van der Waals surface area (Å²) in [7, 11) is 0. The van der Waals surface area contributed by atoms with Gasteiger partial charge >= 0.3 is 0 Å². The van der Waals surface area contributed by atoms with Gasteiger partial charge in [0, 0.05) is 13.0 Å². The van der Waals surface area contributed by atoms with E-state index >= 15 is 0 Å². The van der Waals surface area contributed by atoms with Crippen molar-refractivity contribution in [3.05, 3.63) is 23.8 Å². The molecule has 0 aromatic heterocycles. The van der Waals surface area contributed by atoms with Crippen molar-refractivity contribution < 1.29 is 19.1 Å². The van der Waals surface area contributed by atoms with Gasteiger partial charge in [0.05, 0.1) is 0 Å². The maximum atomic E-state index is 12.3. The summed E-state index contributed by atoms with van der Waals surface area (Å²) in [6.07, 6.45) is 1.19. The van der Waals surface area contributed by atoms with E-state index in [2.05, 4.69) is 10.6 Å². The average molecular weight is 320 g/mol. The number of hydrogen-bond acceptors (Lipinski definition) is 4. The fourth-order valence-corrected chi connectivity index (χ4v) is 2.36. The topological polar surface area (TPSA) is 76.7 Å². The Hall–Kier alpha value is -2.24. The summed E-state index contributed by atoms with van der Waals surface area (Å²) in [5.41, 5.74) is 0.921. The third-order valence-electron chi connectivity index (χ3n) is 3.65. The molecule has 0 saturated carbocycles. The predicted molar refractivity (Wildman–Crippen MR) is 86.1 cm³/mol. The lowest BCUT2D eigenvalue weighted by Crippen LogP contribution is -2.49. The van der Waals surface area contributed by atoms with Gasteiger partial charge in [0.15, 0.2) is 11.5 Å². The number of nitrogens with one attached hydrogen (secondary N) is 2. The van der Waals surface area contributed by atoms with Gasteiger partial charge in [-0.15, -0.1) is 0 Å². The largest absolute Gasteiger partial charge is 0.454 e. The quantitative estimate of drug-likeness (QED) is 0.805. The first kappa shape index (κ1) is 17.1. The smallest absolute Gasteiger partial charge is 0.243 e. The minimum atomic E-state index is -0.525. The van der Waals surface area contributed by atoms with Crippen LogP contribution in [0.2, 0.25) is 0 Å². The van der Waals surface area contributed by atoms with Crippen molar-refractivity contribution in [2.24, 2.45) is 5.92 Å². The Morgan fingerprint density at radius 1 is 1.22 bits per heavy atom. The molecule has 1 aromatic rings. The van der Waals surface area contributed by atoms with Crippen molar-refractivity contribution in [1.82, 2.24) is 10.6 Å². The van der Waals surface area contributed by atoms with Crippen LogP contribution >= 0.6 is 0 Å². The second-order valence-electron chi connectivity index (χ2n) is 5.94. The average Bonchev–Trinajstić information content (AvgIpc) is 2.97. The van der Waals surface area contributed by atoms with Gasteiger partial charge in [0.25, 0.3) is 0 Å². The van der Waals surface area contributed by atoms with Crippen LogP contribution in [0.4, 0.5) is 0 Å². The van der Waals surface area contributed by atoms with E-state index in [1.165, 1.54) is 0 Å². The molecule has 0 unspecified atom stereocenters. The molecule has 0 bridgehead atoms. The first-order chi connectivity index (χ1) is 11.0. The third kappa shape index (κ3) is 4.61. The number of rotatable bonds is 7. The van der Waals surface area contributed by atoms with Gasteiger partial charge in [-0.1, -0.05) is 26.8 Å². The highest BCUT2D eigenvalue weighted by Gasteiger charge is 2.23. The number of fused-ring (bicyclic) bond motifs is 1. The van der Waals surface area contributed by atoms with Crippen molar-refractivity contribution >= 4 is 11.8 Å². The fourth-order valence-electron chi connectivity index (χ4n) is 2.36. The molecular formula is C17H24N2O4. The van der Waals surface area contributed by atoms with Crippen molar-refractivity contribution in [3.8, 4) is 11.5 Å². The van der Waals surface area contributed by atoms with Crippen LogP contribution in [0.5, 0.6) is 11.5 Å². The Kier molecular flexibility index (Phi) is 5.84. The number of amides is 2. The fraction of sp³-hybridized carbons (Fsp3) is 0.529. The molecule has 23 heavy (non-hydrogen) atoms. The molecule has 0 aliphatic carbocycles. The molecule has 1 aliphatic rings. The summed E-state index contributed by atoms with van der Waals surface area (Å²) in [5, 5.41) is 5.67. The van der Waals surface area contributed by atoms with Gasteiger partial charge in [0.2, 0.25) is 18.6 Å². The third-order valence-corrected chi connectivity index (χ3v) is 3.65. The van der Waals surface area contributed by atoms with E-state index in [1.54, 1.807) is 0 Å². The molecule has 1 atom stereocenters. The van der Waals surface area contributed by atoms with Crippen LogP contribution in [0.1, 0.15) is 39.2 Å². The first-order valence-electron chi connectivity index (χ1n) is 7.97. The molecule has 126 valence electrons. The maximum absolute atomic E-state index is 12.3. The highest BCUT2D eigenvalue weighted by molar-refractivity contribution is 5.87. The zero-order chi connectivity index (χ0) is 16.8. The van der Waals surface area contributed by atoms with Crippen LogP contribution in [0.15, 0.2) is 18.2 Å². The highest BCUT2D eigenvalue weighted by atomic mass is 16.7. The minimum absolute atomic E-state index is 0.0209. The monoisotopic (exact) mass is 320 g/mol. The first-order valence-corrected chi connectivity index (χ1v) is 7.97. The zero-order valence-corrected chi connectivity index (χ0v) is 13.8. The number of carbonyl (C=O) groups is 2. The molecule has 6 nitrogen and oxygen atoms in total. The van der Waals surface area contributed by atoms with Crippen molar-refractivity contribution in [2.45, 2.75) is 46.2 Å². The molecule has 0 radical (unpaired) electrons. The molecule has 0 fully saturated rings. The lowest BCUT2D eigenvalue weighted by molar-refractivity contribution is -0.130. The standard InChI is InChI=1S/C17H24N2O4/c1-4-5-15(20)19-16(11(2)3)17(21)18-9-12-6-7-13-14(8-12)23-10-22-13/h6-8,11,16H,4-5,9-10H2,1-3H3,(H,18,21)(H,19,20)/t16-/m1/s1. The van der Waals surface area contributed by atoms with Gasteiger partial charge in [-0.05, 0) is 30.0 Å². The number of hydrogen-bond donors (Lipinski definition) is 2. The van der Waals surface area contributed by atoms with Crippen molar-refractivity contribution in [3.63, 3.8) is 0 Å². The highest BCUT2D eigenvalue weighted by Crippen LogP contribution is 2.32. The lowest BCUT2D eigenvalue weighted by atomic mass is 10.0. The van der Waals surface area contributed by atoms with E-state index in [-0.39, 0.29) is 24.5 Å². The van der Waals surface area contributed by atoms with Crippen LogP contribution < -0.4 is 20.1 Å². The molecule has 0 spiro atoms. The van der Waals surface area contributed by atoms with Crippen LogP contribution in [-0.2, 0) is 16.1 Å². The van der Waals surface area contributed by atoms with Crippen molar-refractivity contribution in [1.29, 1.82) is 0 Å². The molecule has 2 amide bonds. The van der Waals surface area contributed by atoms with Crippen LogP contribution in [0, 0.1) is 5.92 Å². The minimum Gasteiger partial charge on any atom is -0.454 e. The van der Waals surface area contributed by atoms with Gasteiger partial charge < -0.3 is 20.1 Å². The zero-order valence-electron chi connectivity index (χ0n) is 13.8. The second kappa shape index (κ2) is 7.85. The maximum Gasteiger partial charge on any atom is 0.243 e. The number of carbonyl (C=O) groups excluding carboxylic acids is 2. The molecule has 2 N–H and O–H groups in total. The summed E-state index contributed by atoms with van der Waals surface area (Å²) in [6.45, 7) is 6.37. The Morgan fingerprint density at radius 3 is 2.65 bits per heavy atom. The Bertz CT molecular complexity index is 572. The SMILES string of the molecule is CCCC(=O)N[C@@H](C(=O)NCc1ccc2c(c1)OCO2)C(C)C. The number of ether oxygens (including phenoxy) is 2. The molecule has 1 aliphatic heterocycles. The van der Waals surface area contributed by atoms with E-state index in [1.807, 2.05) is 39.0 Å². The Labute approximate surface area is 136 Å². The molecule has 1 aromatic carbocycles. The van der Waals surface area contributed by atoms with E-state index in [4.69, 9.17) is 9.47 Å². The van der Waals surface area contributed by atoms with E-state index in [0.29, 0.717) is 24.5 Å². The Morgan fingerprint density at radius 2 is 1.96 bits per heavy atom. The van der Waals surface area contributed by atoms with Crippen molar-refractivity contribution in [2.75, 3.05) is 6.79 Å². The Balaban J connectivity index is 1.92. The summed E-state index contributed by atoms with van der Waals surface area (Å²) in [6, 6.07) is 5.03.